The van der Waals surface area contributed by atoms with Crippen LogP contribution in [-0.4, -0.2) is 31.6 Å². The lowest BCUT2D eigenvalue weighted by Gasteiger charge is -2.34. The van der Waals surface area contributed by atoms with Crippen LogP contribution in [0.2, 0.25) is 0 Å². The van der Waals surface area contributed by atoms with E-state index in [0.717, 1.165) is 55.5 Å². The van der Waals surface area contributed by atoms with Crippen LogP contribution in [0.5, 0.6) is 11.5 Å². The van der Waals surface area contributed by atoms with Crippen molar-refractivity contribution in [1.29, 1.82) is 0 Å². The summed E-state index contributed by atoms with van der Waals surface area (Å²) < 4.78 is 17.1. The molecule has 0 radical (unpaired) electrons. The van der Waals surface area contributed by atoms with E-state index in [-0.39, 0.29) is 17.9 Å². The highest BCUT2D eigenvalue weighted by molar-refractivity contribution is 6.03. The zero-order chi connectivity index (χ0) is 22.0. The van der Waals surface area contributed by atoms with E-state index >= 15 is 0 Å². The van der Waals surface area contributed by atoms with Gasteiger partial charge in [-0.3, -0.25) is 4.79 Å². The predicted molar refractivity (Wildman–Crippen MR) is 117 cm³/mol. The van der Waals surface area contributed by atoms with Crippen LogP contribution in [0.25, 0.3) is 0 Å². The number of esters is 1. The second kappa shape index (κ2) is 9.16. The van der Waals surface area contributed by atoms with Gasteiger partial charge in [-0.15, -0.1) is 0 Å². The van der Waals surface area contributed by atoms with Crippen molar-refractivity contribution < 1.29 is 23.8 Å². The number of rotatable bonds is 6. The Balaban J connectivity index is 1.78. The first-order chi connectivity index (χ1) is 15.0. The molecule has 1 aromatic rings. The van der Waals surface area contributed by atoms with Gasteiger partial charge in [0.2, 0.25) is 0 Å². The van der Waals surface area contributed by atoms with Crippen LogP contribution in [-0.2, 0) is 14.3 Å². The van der Waals surface area contributed by atoms with Gasteiger partial charge in [0.15, 0.2) is 17.3 Å². The highest BCUT2D eigenvalue weighted by atomic mass is 16.5. The number of allylic oxidation sites excluding steroid dienone is 3. The third-order valence-corrected chi connectivity index (χ3v) is 6.39. The maximum absolute atomic E-state index is 13.3. The maximum Gasteiger partial charge on any atom is 0.337 e. The van der Waals surface area contributed by atoms with Crippen LogP contribution < -0.4 is 14.8 Å². The van der Waals surface area contributed by atoms with Gasteiger partial charge in [-0.1, -0.05) is 6.07 Å². The minimum absolute atomic E-state index is 0.0410. The Hall–Kier alpha value is -2.76. The molecule has 1 saturated carbocycles. The zero-order valence-electron chi connectivity index (χ0n) is 18.6. The minimum Gasteiger partial charge on any atom is -0.493 e. The highest BCUT2D eigenvalue weighted by Crippen LogP contribution is 2.44. The van der Waals surface area contributed by atoms with Gasteiger partial charge < -0.3 is 19.5 Å². The number of carbonyl (C=O) groups excluding carboxylic acids is 2. The van der Waals surface area contributed by atoms with Crippen LogP contribution in [0.15, 0.2) is 40.7 Å². The lowest BCUT2D eigenvalue weighted by atomic mass is 9.75. The van der Waals surface area contributed by atoms with Gasteiger partial charge in [0.05, 0.1) is 19.3 Å². The van der Waals surface area contributed by atoms with E-state index < -0.39 is 5.92 Å². The summed E-state index contributed by atoms with van der Waals surface area (Å²) in [5.74, 6) is 0.513. The average Bonchev–Trinajstić information content (AvgIpc) is 3.26. The first-order valence-electron chi connectivity index (χ1n) is 11.3. The molecule has 1 fully saturated rings. The number of Topliss-reactive ketones (excluding diaryl/α,β-unsaturated/α-hetero) is 1. The smallest absolute Gasteiger partial charge is 0.337 e. The molecule has 0 bridgehead atoms. The molecule has 31 heavy (non-hydrogen) atoms. The fourth-order valence-electron chi connectivity index (χ4n) is 4.95. The van der Waals surface area contributed by atoms with Crippen molar-refractivity contribution >= 4 is 11.8 Å². The number of methoxy groups -OCH3 is 1. The Bertz CT molecular complexity index is 939. The summed E-state index contributed by atoms with van der Waals surface area (Å²) in [7, 11) is 1.59. The van der Waals surface area contributed by atoms with Crippen LogP contribution >= 0.6 is 0 Å². The van der Waals surface area contributed by atoms with Crippen molar-refractivity contribution in [2.24, 2.45) is 0 Å². The standard InChI is InChI=1S/C25H31NO5/c1-4-30-20-13-12-16(14-21(20)29-3)23-22(25(28)31-17-8-5-6-9-17)15(2)26-18-10-7-11-19(27)24(18)23/h12-14,17,23,26H,4-11H2,1-3H3. The highest BCUT2D eigenvalue weighted by Gasteiger charge is 2.40. The van der Waals surface area contributed by atoms with Gasteiger partial charge in [-0.25, -0.2) is 4.79 Å². The van der Waals surface area contributed by atoms with Crippen molar-refractivity contribution in [2.45, 2.75) is 70.8 Å². The quantitative estimate of drug-likeness (QED) is 0.674. The number of carbonyl (C=O) groups is 2. The molecule has 3 aliphatic rings. The molecule has 0 aromatic heterocycles. The Morgan fingerprint density at radius 1 is 1.13 bits per heavy atom. The number of hydrogen-bond donors (Lipinski definition) is 1. The first kappa shape index (κ1) is 21.5. The Kier molecular flexibility index (Phi) is 6.35. The number of hydrogen-bond acceptors (Lipinski definition) is 6. The molecular weight excluding hydrogens is 394 g/mol. The molecule has 1 atom stereocenters. The molecule has 166 valence electrons. The molecule has 0 spiro atoms. The molecule has 1 aromatic carbocycles. The van der Waals surface area contributed by atoms with Crippen LogP contribution in [0.4, 0.5) is 0 Å². The second-order valence-electron chi connectivity index (χ2n) is 8.42. The van der Waals surface area contributed by atoms with Crippen LogP contribution in [0.3, 0.4) is 0 Å². The third kappa shape index (κ3) is 4.21. The van der Waals surface area contributed by atoms with E-state index in [0.29, 0.717) is 35.7 Å². The lowest BCUT2D eigenvalue weighted by Crippen LogP contribution is -2.35. The summed E-state index contributed by atoms with van der Waals surface area (Å²) in [4.78, 5) is 26.4. The van der Waals surface area contributed by atoms with E-state index in [4.69, 9.17) is 14.2 Å². The van der Waals surface area contributed by atoms with Crippen molar-refractivity contribution in [2.75, 3.05) is 13.7 Å². The summed E-state index contributed by atoms with van der Waals surface area (Å²) >= 11 is 0. The van der Waals surface area contributed by atoms with E-state index in [2.05, 4.69) is 5.32 Å². The van der Waals surface area contributed by atoms with Gasteiger partial charge in [0, 0.05) is 29.3 Å². The third-order valence-electron chi connectivity index (χ3n) is 6.39. The van der Waals surface area contributed by atoms with Crippen molar-refractivity contribution in [3.05, 3.63) is 46.3 Å². The second-order valence-corrected chi connectivity index (χ2v) is 8.42. The number of ether oxygens (including phenoxy) is 3. The molecule has 0 amide bonds. The maximum atomic E-state index is 13.3. The molecule has 1 heterocycles. The lowest BCUT2D eigenvalue weighted by molar-refractivity contribution is -0.144. The Morgan fingerprint density at radius 2 is 1.90 bits per heavy atom. The van der Waals surface area contributed by atoms with Crippen LogP contribution in [0, 0.1) is 0 Å². The molecule has 6 heteroatoms. The predicted octanol–water partition coefficient (Wildman–Crippen LogP) is 4.55. The van der Waals surface area contributed by atoms with Crippen molar-refractivity contribution in [1.82, 2.24) is 5.32 Å². The topological polar surface area (TPSA) is 73.9 Å². The van der Waals surface area contributed by atoms with E-state index in [1.165, 1.54) is 0 Å². The van der Waals surface area contributed by atoms with Gasteiger partial charge in [0.1, 0.15) is 6.10 Å². The number of nitrogens with one attached hydrogen (secondary N) is 1. The Labute approximate surface area is 183 Å². The summed E-state index contributed by atoms with van der Waals surface area (Å²) in [6.45, 7) is 4.34. The number of ketones is 1. The number of benzene rings is 1. The molecule has 0 saturated heterocycles. The molecular formula is C25H31NO5. The molecule has 1 N–H and O–H groups in total. The average molecular weight is 426 g/mol. The van der Waals surface area contributed by atoms with E-state index in [1.807, 2.05) is 32.0 Å². The molecule has 1 aliphatic heterocycles. The fourth-order valence-corrected chi connectivity index (χ4v) is 4.95. The van der Waals surface area contributed by atoms with Gasteiger partial charge in [0.25, 0.3) is 0 Å². The summed E-state index contributed by atoms with van der Waals surface area (Å²) in [5, 5.41) is 3.35. The monoisotopic (exact) mass is 425 g/mol. The fraction of sp³-hybridized carbons (Fsp3) is 0.520. The van der Waals surface area contributed by atoms with Gasteiger partial charge >= 0.3 is 5.97 Å². The normalized spacial score (nSPS) is 21.6. The molecule has 1 unspecified atom stereocenters. The summed E-state index contributed by atoms with van der Waals surface area (Å²) in [6, 6.07) is 5.65. The van der Waals surface area contributed by atoms with Crippen LogP contribution in [0.1, 0.15) is 70.3 Å². The van der Waals surface area contributed by atoms with E-state index in [9.17, 15) is 9.59 Å². The first-order valence-corrected chi connectivity index (χ1v) is 11.3. The molecule has 4 rings (SSSR count). The largest absolute Gasteiger partial charge is 0.493 e. The van der Waals surface area contributed by atoms with E-state index in [1.54, 1.807) is 7.11 Å². The molecule has 6 nitrogen and oxygen atoms in total. The summed E-state index contributed by atoms with van der Waals surface area (Å²) in [6.07, 6.45) is 6.05. The van der Waals surface area contributed by atoms with Gasteiger partial charge in [-0.05, 0) is 70.1 Å². The SMILES string of the molecule is CCOc1ccc(C2C(C(=O)OC3CCCC3)=C(C)NC3=C2C(=O)CCC3)cc1OC. The molecule has 2 aliphatic carbocycles. The van der Waals surface area contributed by atoms with Crippen molar-refractivity contribution in [3.63, 3.8) is 0 Å². The Morgan fingerprint density at radius 3 is 2.61 bits per heavy atom. The van der Waals surface area contributed by atoms with Crippen molar-refractivity contribution in [3.8, 4) is 11.5 Å². The zero-order valence-corrected chi connectivity index (χ0v) is 18.6. The van der Waals surface area contributed by atoms with Gasteiger partial charge in [-0.2, -0.15) is 0 Å². The number of dihydropyridines is 1. The summed E-state index contributed by atoms with van der Waals surface area (Å²) in [5.41, 5.74) is 3.72. The minimum atomic E-state index is -0.470.